The third-order valence-electron chi connectivity index (χ3n) is 5.44. The Kier molecular flexibility index (Phi) is 6.79. The van der Waals surface area contributed by atoms with Crippen LogP contribution in [0.15, 0.2) is 0 Å². The molecule has 1 N–H and O–H groups in total. The molecule has 0 aromatic heterocycles. The Morgan fingerprint density at radius 2 is 1.85 bits per heavy atom. The van der Waals surface area contributed by atoms with Crippen LogP contribution in [0.1, 0.15) is 58.8 Å². The Morgan fingerprint density at radius 1 is 1.10 bits per heavy atom. The Morgan fingerprint density at radius 3 is 2.60 bits per heavy atom. The van der Waals surface area contributed by atoms with E-state index in [1.807, 2.05) is 0 Å². The fourth-order valence-electron chi connectivity index (χ4n) is 4.14. The molecule has 2 heterocycles. The first-order valence-corrected chi connectivity index (χ1v) is 8.90. The van der Waals surface area contributed by atoms with Gasteiger partial charge in [0.25, 0.3) is 0 Å². The van der Waals surface area contributed by atoms with E-state index in [0.717, 1.165) is 18.6 Å². The smallest absolute Gasteiger partial charge is 0.0246 e. The van der Waals surface area contributed by atoms with Crippen molar-refractivity contribution in [3.8, 4) is 0 Å². The molecule has 0 aromatic carbocycles. The summed E-state index contributed by atoms with van der Waals surface area (Å²) in [5.74, 6) is 0. The Balaban J connectivity index is 1.82. The van der Waals surface area contributed by atoms with Gasteiger partial charge in [-0.1, -0.05) is 19.8 Å². The fraction of sp³-hybridized carbons (Fsp3) is 1.00. The second-order valence-corrected chi connectivity index (χ2v) is 6.86. The second kappa shape index (κ2) is 8.35. The van der Waals surface area contributed by atoms with E-state index in [4.69, 9.17) is 0 Å². The number of likely N-dealkylation sites (tertiary alicyclic amines) is 2. The zero-order valence-corrected chi connectivity index (χ0v) is 13.9. The maximum Gasteiger partial charge on any atom is 0.0246 e. The van der Waals surface area contributed by atoms with Crippen molar-refractivity contribution in [3.63, 3.8) is 0 Å². The summed E-state index contributed by atoms with van der Waals surface area (Å²) in [7, 11) is 2.32. The molecule has 3 unspecified atom stereocenters. The molecule has 3 nitrogen and oxygen atoms in total. The minimum atomic E-state index is 0.643. The van der Waals surface area contributed by atoms with Crippen LogP contribution in [0.2, 0.25) is 0 Å². The number of likely N-dealkylation sites (N-methyl/N-ethyl adjacent to an activating group) is 1. The molecule has 3 heteroatoms. The third-order valence-corrected chi connectivity index (χ3v) is 5.44. The van der Waals surface area contributed by atoms with Crippen molar-refractivity contribution in [1.82, 2.24) is 15.1 Å². The van der Waals surface area contributed by atoms with Crippen LogP contribution in [-0.4, -0.2) is 61.2 Å². The van der Waals surface area contributed by atoms with Crippen LogP contribution in [0.3, 0.4) is 0 Å². The highest BCUT2D eigenvalue weighted by Crippen LogP contribution is 2.23. The molecular formula is C17H35N3. The molecule has 3 atom stereocenters. The average molecular weight is 281 g/mol. The maximum atomic E-state index is 3.64. The fourth-order valence-corrected chi connectivity index (χ4v) is 4.14. The van der Waals surface area contributed by atoms with Gasteiger partial charge in [-0.3, -0.25) is 4.90 Å². The maximum absolute atomic E-state index is 3.64. The topological polar surface area (TPSA) is 18.5 Å². The molecule has 2 aliphatic rings. The van der Waals surface area contributed by atoms with E-state index in [-0.39, 0.29) is 0 Å². The summed E-state index contributed by atoms with van der Waals surface area (Å²) >= 11 is 0. The predicted molar refractivity (Wildman–Crippen MR) is 87.2 cm³/mol. The van der Waals surface area contributed by atoms with Gasteiger partial charge in [-0.15, -0.1) is 0 Å². The van der Waals surface area contributed by atoms with E-state index in [1.54, 1.807) is 0 Å². The first-order valence-electron chi connectivity index (χ1n) is 8.90. The van der Waals surface area contributed by atoms with Crippen molar-refractivity contribution < 1.29 is 0 Å². The van der Waals surface area contributed by atoms with Gasteiger partial charge >= 0.3 is 0 Å². The molecule has 20 heavy (non-hydrogen) atoms. The van der Waals surface area contributed by atoms with E-state index in [1.165, 1.54) is 64.6 Å². The second-order valence-electron chi connectivity index (χ2n) is 6.86. The molecule has 0 amide bonds. The molecular weight excluding hydrogens is 246 g/mol. The summed E-state index contributed by atoms with van der Waals surface area (Å²) in [5, 5.41) is 3.64. The lowest BCUT2D eigenvalue weighted by Crippen LogP contribution is -2.52. The molecule has 0 aromatic rings. The van der Waals surface area contributed by atoms with Crippen molar-refractivity contribution in [3.05, 3.63) is 0 Å². The van der Waals surface area contributed by atoms with Crippen molar-refractivity contribution >= 4 is 0 Å². The number of hydrogen-bond donors (Lipinski definition) is 1. The highest BCUT2D eigenvalue weighted by atomic mass is 15.2. The van der Waals surface area contributed by atoms with E-state index in [2.05, 4.69) is 36.0 Å². The Bertz CT molecular complexity index is 269. The van der Waals surface area contributed by atoms with E-state index in [9.17, 15) is 0 Å². The van der Waals surface area contributed by atoms with Gasteiger partial charge in [0.15, 0.2) is 0 Å². The summed E-state index contributed by atoms with van der Waals surface area (Å²) in [6, 6.07) is 2.24. The number of rotatable bonds is 6. The van der Waals surface area contributed by atoms with Gasteiger partial charge in [-0.25, -0.2) is 0 Å². The van der Waals surface area contributed by atoms with E-state index < -0.39 is 0 Å². The van der Waals surface area contributed by atoms with Gasteiger partial charge in [-0.2, -0.15) is 0 Å². The summed E-state index contributed by atoms with van der Waals surface area (Å²) in [6.45, 7) is 9.62. The number of nitrogens with zero attached hydrogens (tertiary/aromatic N) is 2. The Labute approximate surface area is 126 Å². The molecule has 0 spiro atoms. The molecule has 118 valence electrons. The van der Waals surface area contributed by atoms with Crippen molar-refractivity contribution in [2.24, 2.45) is 0 Å². The molecule has 0 radical (unpaired) electrons. The lowest BCUT2D eigenvalue weighted by atomic mass is 9.94. The zero-order chi connectivity index (χ0) is 14.4. The molecule has 2 aliphatic heterocycles. The molecule has 0 aliphatic carbocycles. The SMILES string of the molecule is CCNC(C)C1CCCCN1CCC1CCCCN1C. The van der Waals surface area contributed by atoms with Crippen LogP contribution in [0.25, 0.3) is 0 Å². The third kappa shape index (κ3) is 4.44. The van der Waals surface area contributed by atoms with Crippen molar-refractivity contribution in [1.29, 1.82) is 0 Å². The normalized spacial score (nSPS) is 31.4. The number of hydrogen-bond acceptors (Lipinski definition) is 3. The van der Waals surface area contributed by atoms with Crippen LogP contribution >= 0.6 is 0 Å². The van der Waals surface area contributed by atoms with E-state index >= 15 is 0 Å². The van der Waals surface area contributed by atoms with Crippen molar-refractivity contribution in [2.45, 2.75) is 76.9 Å². The first-order chi connectivity index (χ1) is 9.72. The molecule has 2 fully saturated rings. The Hall–Kier alpha value is -0.120. The summed E-state index contributed by atoms with van der Waals surface area (Å²) in [5.41, 5.74) is 0. The highest BCUT2D eigenvalue weighted by molar-refractivity contribution is 4.86. The summed E-state index contributed by atoms with van der Waals surface area (Å²) < 4.78 is 0. The molecule has 2 saturated heterocycles. The average Bonchev–Trinajstić information content (AvgIpc) is 2.47. The quantitative estimate of drug-likeness (QED) is 0.807. The van der Waals surface area contributed by atoms with Gasteiger partial charge < -0.3 is 10.2 Å². The van der Waals surface area contributed by atoms with Crippen LogP contribution < -0.4 is 5.32 Å². The van der Waals surface area contributed by atoms with Gasteiger partial charge in [0.1, 0.15) is 0 Å². The predicted octanol–water partition coefficient (Wildman–Crippen LogP) is 2.71. The highest BCUT2D eigenvalue weighted by Gasteiger charge is 2.28. The van der Waals surface area contributed by atoms with Gasteiger partial charge in [0.05, 0.1) is 0 Å². The lowest BCUT2D eigenvalue weighted by molar-refractivity contribution is 0.0951. The van der Waals surface area contributed by atoms with Crippen LogP contribution in [0.4, 0.5) is 0 Å². The van der Waals surface area contributed by atoms with Gasteiger partial charge in [0.2, 0.25) is 0 Å². The number of piperidine rings is 2. The van der Waals surface area contributed by atoms with Gasteiger partial charge in [-0.05, 0) is 72.3 Å². The minimum absolute atomic E-state index is 0.643. The monoisotopic (exact) mass is 281 g/mol. The first kappa shape index (κ1) is 16.3. The molecule has 2 rings (SSSR count). The van der Waals surface area contributed by atoms with Crippen LogP contribution in [0.5, 0.6) is 0 Å². The van der Waals surface area contributed by atoms with Crippen molar-refractivity contribution in [2.75, 3.05) is 33.2 Å². The number of nitrogens with one attached hydrogen (secondary N) is 1. The summed E-state index contributed by atoms with van der Waals surface area (Å²) in [4.78, 5) is 5.37. The zero-order valence-electron chi connectivity index (χ0n) is 13.9. The van der Waals surface area contributed by atoms with Crippen LogP contribution in [-0.2, 0) is 0 Å². The standard InChI is InChI=1S/C17H35N3/c1-4-18-15(2)17-10-6-8-13-20(17)14-11-16-9-5-7-12-19(16)3/h15-18H,4-14H2,1-3H3. The molecule has 0 saturated carbocycles. The summed E-state index contributed by atoms with van der Waals surface area (Å²) in [6.07, 6.45) is 9.82. The van der Waals surface area contributed by atoms with Crippen LogP contribution in [0, 0.1) is 0 Å². The van der Waals surface area contributed by atoms with E-state index in [0.29, 0.717) is 6.04 Å². The lowest BCUT2D eigenvalue weighted by Gasteiger charge is -2.41. The largest absolute Gasteiger partial charge is 0.313 e. The van der Waals surface area contributed by atoms with Gasteiger partial charge in [0, 0.05) is 18.1 Å². The minimum Gasteiger partial charge on any atom is -0.313 e. The molecule has 0 bridgehead atoms.